The van der Waals surface area contributed by atoms with E-state index in [1.54, 1.807) is 7.11 Å². The predicted octanol–water partition coefficient (Wildman–Crippen LogP) is -0.427. The first-order chi connectivity index (χ1) is 7.31. The SMILES string of the molecule is COCC(C)C(CN)N(C)CCS(C)(=O)=O. The summed E-state index contributed by atoms with van der Waals surface area (Å²) in [7, 11) is 0.638. The predicted molar refractivity (Wildman–Crippen MR) is 66.2 cm³/mol. The van der Waals surface area contributed by atoms with Gasteiger partial charge in [0.15, 0.2) is 0 Å². The fourth-order valence-electron chi connectivity index (χ4n) is 1.70. The van der Waals surface area contributed by atoms with Crippen molar-refractivity contribution in [2.75, 3.05) is 45.9 Å². The topological polar surface area (TPSA) is 72.6 Å². The smallest absolute Gasteiger partial charge is 0.148 e. The van der Waals surface area contributed by atoms with Gasteiger partial charge in [-0.2, -0.15) is 0 Å². The van der Waals surface area contributed by atoms with Crippen LogP contribution in [0.3, 0.4) is 0 Å². The zero-order chi connectivity index (χ0) is 12.8. The number of ether oxygens (including phenoxy) is 1. The first-order valence-electron chi connectivity index (χ1n) is 5.38. The zero-order valence-electron chi connectivity index (χ0n) is 10.6. The van der Waals surface area contributed by atoms with Gasteiger partial charge < -0.3 is 15.4 Å². The van der Waals surface area contributed by atoms with Crippen LogP contribution in [0.4, 0.5) is 0 Å². The van der Waals surface area contributed by atoms with E-state index in [4.69, 9.17) is 10.5 Å². The van der Waals surface area contributed by atoms with Crippen molar-refractivity contribution >= 4 is 9.84 Å². The van der Waals surface area contributed by atoms with Crippen LogP contribution in [0.25, 0.3) is 0 Å². The number of rotatable bonds is 8. The van der Waals surface area contributed by atoms with E-state index in [2.05, 4.69) is 6.92 Å². The lowest BCUT2D eigenvalue weighted by Crippen LogP contribution is -2.45. The summed E-state index contributed by atoms with van der Waals surface area (Å²) in [6, 6.07) is 0.154. The highest BCUT2D eigenvalue weighted by Gasteiger charge is 2.20. The average Bonchev–Trinajstić information content (AvgIpc) is 2.15. The molecule has 0 amide bonds. The van der Waals surface area contributed by atoms with Crippen molar-refractivity contribution < 1.29 is 13.2 Å². The molecule has 0 aromatic carbocycles. The third-order valence-corrected chi connectivity index (χ3v) is 3.63. The van der Waals surface area contributed by atoms with Crippen LogP contribution in [-0.2, 0) is 14.6 Å². The molecule has 0 rings (SSSR count). The Morgan fingerprint density at radius 1 is 1.44 bits per heavy atom. The minimum absolute atomic E-state index is 0.154. The van der Waals surface area contributed by atoms with Crippen LogP contribution in [0.15, 0.2) is 0 Å². The van der Waals surface area contributed by atoms with Crippen LogP contribution >= 0.6 is 0 Å². The number of nitrogens with two attached hydrogens (primary N) is 1. The second-order valence-electron chi connectivity index (χ2n) is 4.35. The summed E-state index contributed by atoms with van der Waals surface area (Å²) in [5.41, 5.74) is 5.70. The summed E-state index contributed by atoms with van der Waals surface area (Å²) in [6.45, 7) is 3.70. The molecule has 98 valence electrons. The van der Waals surface area contributed by atoms with E-state index in [0.717, 1.165) is 0 Å². The summed E-state index contributed by atoms with van der Waals surface area (Å²) < 4.78 is 27.2. The molecule has 2 atom stereocenters. The van der Waals surface area contributed by atoms with Crippen LogP contribution < -0.4 is 5.73 Å². The highest BCUT2D eigenvalue weighted by atomic mass is 32.2. The molecular weight excluding hydrogens is 228 g/mol. The van der Waals surface area contributed by atoms with E-state index >= 15 is 0 Å². The molecule has 0 radical (unpaired) electrons. The van der Waals surface area contributed by atoms with Crippen molar-refractivity contribution in [3.63, 3.8) is 0 Å². The van der Waals surface area contributed by atoms with E-state index in [0.29, 0.717) is 25.6 Å². The Kier molecular flexibility index (Phi) is 7.14. The third-order valence-electron chi connectivity index (χ3n) is 2.71. The maximum Gasteiger partial charge on any atom is 0.148 e. The van der Waals surface area contributed by atoms with Gasteiger partial charge in [0.2, 0.25) is 0 Å². The summed E-state index contributed by atoms with van der Waals surface area (Å²) >= 11 is 0. The van der Waals surface area contributed by atoms with Gasteiger partial charge >= 0.3 is 0 Å². The number of methoxy groups -OCH3 is 1. The van der Waals surface area contributed by atoms with E-state index < -0.39 is 9.84 Å². The van der Waals surface area contributed by atoms with Gasteiger partial charge in [-0.25, -0.2) is 8.42 Å². The van der Waals surface area contributed by atoms with Crippen LogP contribution in [0, 0.1) is 5.92 Å². The largest absolute Gasteiger partial charge is 0.384 e. The van der Waals surface area contributed by atoms with Crippen molar-refractivity contribution in [2.24, 2.45) is 11.7 Å². The molecule has 0 saturated carbocycles. The van der Waals surface area contributed by atoms with Crippen LogP contribution in [0.5, 0.6) is 0 Å². The zero-order valence-corrected chi connectivity index (χ0v) is 11.5. The average molecular weight is 252 g/mol. The third kappa shape index (κ3) is 6.42. The van der Waals surface area contributed by atoms with Crippen LogP contribution in [0.2, 0.25) is 0 Å². The van der Waals surface area contributed by atoms with Crippen molar-refractivity contribution in [1.29, 1.82) is 0 Å². The molecule has 0 spiro atoms. The minimum Gasteiger partial charge on any atom is -0.384 e. The number of hydrogen-bond donors (Lipinski definition) is 1. The molecular formula is C10H24N2O3S. The number of likely N-dealkylation sites (N-methyl/N-ethyl adjacent to an activating group) is 1. The monoisotopic (exact) mass is 252 g/mol. The molecule has 2 unspecified atom stereocenters. The Labute approximate surface area is 98.9 Å². The molecule has 0 aliphatic carbocycles. The molecule has 16 heavy (non-hydrogen) atoms. The van der Waals surface area contributed by atoms with Gasteiger partial charge in [0.1, 0.15) is 9.84 Å². The Bertz CT molecular complexity index is 280. The number of hydrogen-bond acceptors (Lipinski definition) is 5. The highest BCUT2D eigenvalue weighted by Crippen LogP contribution is 2.09. The Morgan fingerprint density at radius 3 is 2.38 bits per heavy atom. The molecule has 2 N–H and O–H groups in total. The highest BCUT2D eigenvalue weighted by molar-refractivity contribution is 7.90. The number of nitrogens with zero attached hydrogens (tertiary/aromatic N) is 1. The summed E-state index contributed by atoms with van der Waals surface area (Å²) in [5.74, 6) is 0.458. The summed E-state index contributed by atoms with van der Waals surface area (Å²) in [6.07, 6.45) is 1.25. The molecule has 0 aromatic heterocycles. The standard InChI is InChI=1S/C10H24N2O3S/c1-9(8-15-3)10(7-11)12(2)5-6-16(4,13)14/h9-10H,5-8,11H2,1-4H3. The van der Waals surface area contributed by atoms with Gasteiger partial charge in [-0.05, 0) is 13.0 Å². The van der Waals surface area contributed by atoms with Gasteiger partial charge in [-0.15, -0.1) is 0 Å². The summed E-state index contributed by atoms with van der Waals surface area (Å²) in [5, 5.41) is 0. The summed E-state index contributed by atoms with van der Waals surface area (Å²) in [4.78, 5) is 1.99. The lowest BCUT2D eigenvalue weighted by atomic mass is 10.0. The van der Waals surface area contributed by atoms with E-state index in [1.165, 1.54) is 6.26 Å². The van der Waals surface area contributed by atoms with Crippen LogP contribution in [0.1, 0.15) is 6.92 Å². The minimum atomic E-state index is -2.91. The molecule has 0 aliphatic rings. The second-order valence-corrected chi connectivity index (χ2v) is 6.61. The lowest BCUT2D eigenvalue weighted by Gasteiger charge is -2.31. The first kappa shape index (κ1) is 15.8. The quantitative estimate of drug-likeness (QED) is 0.635. The molecule has 5 nitrogen and oxygen atoms in total. The van der Waals surface area contributed by atoms with Crippen LogP contribution in [-0.4, -0.2) is 65.2 Å². The Hall–Kier alpha value is -0.170. The van der Waals surface area contributed by atoms with Gasteiger partial charge in [0.25, 0.3) is 0 Å². The maximum absolute atomic E-state index is 11.1. The Morgan fingerprint density at radius 2 is 2.00 bits per heavy atom. The maximum atomic E-state index is 11.1. The molecule has 0 fully saturated rings. The van der Waals surface area contributed by atoms with Gasteiger partial charge in [0, 0.05) is 32.5 Å². The first-order valence-corrected chi connectivity index (χ1v) is 7.44. The number of sulfone groups is 1. The molecule has 0 heterocycles. The van der Waals surface area contributed by atoms with Crippen molar-refractivity contribution in [3.05, 3.63) is 0 Å². The normalized spacial score (nSPS) is 16.4. The van der Waals surface area contributed by atoms with Crippen molar-refractivity contribution in [1.82, 2.24) is 4.90 Å². The van der Waals surface area contributed by atoms with Crippen molar-refractivity contribution in [3.8, 4) is 0 Å². The van der Waals surface area contributed by atoms with Crippen molar-refractivity contribution in [2.45, 2.75) is 13.0 Å². The molecule has 0 aliphatic heterocycles. The van der Waals surface area contributed by atoms with E-state index in [1.807, 2.05) is 11.9 Å². The second kappa shape index (κ2) is 7.21. The Balaban J connectivity index is 4.25. The molecule has 0 aromatic rings. The molecule has 0 saturated heterocycles. The van der Waals surface area contributed by atoms with Gasteiger partial charge in [0.05, 0.1) is 12.4 Å². The fourth-order valence-corrected chi connectivity index (χ4v) is 2.32. The fraction of sp³-hybridized carbons (Fsp3) is 1.00. The van der Waals surface area contributed by atoms with E-state index in [9.17, 15) is 8.42 Å². The van der Waals surface area contributed by atoms with E-state index in [-0.39, 0.29) is 11.8 Å². The molecule has 6 heteroatoms. The van der Waals surface area contributed by atoms with Gasteiger partial charge in [-0.3, -0.25) is 0 Å². The lowest BCUT2D eigenvalue weighted by molar-refractivity contribution is 0.101. The molecule has 0 bridgehead atoms. The van der Waals surface area contributed by atoms with Gasteiger partial charge in [-0.1, -0.05) is 6.92 Å².